The Morgan fingerprint density at radius 1 is 1.00 bits per heavy atom. The number of anilines is 1. The maximum absolute atomic E-state index is 4.76. The van der Waals surface area contributed by atoms with Crippen LogP contribution in [0.4, 0.5) is 5.82 Å². The van der Waals surface area contributed by atoms with Crippen molar-refractivity contribution in [2.75, 3.05) is 11.9 Å². The lowest BCUT2D eigenvalue weighted by Gasteiger charge is -2.19. The molecule has 0 aliphatic heterocycles. The van der Waals surface area contributed by atoms with Gasteiger partial charge in [-0.3, -0.25) is 0 Å². The fourth-order valence-corrected chi connectivity index (χ4v) is 2.11. The maximum Gasteiger partial charge on any atom is 0.136 e. The van der Waals surface area contributed by atoms with Gasteiger partial charge in [-0.25, -0.2) is 9.97 Å². The Bertz CT molecular complexity index is 595. The third kappa shape index (κ3) is 3.81. The molecular formula is C18H25N3. The third-order valence-electron chi connectivity index (χ3n) is 3.41. The molecule has 21 heavy (non-hydrogen) atoms. The van der Waals surface area contributed by atoms with E-state index >= 15 is 0 Å². The molecule has 112 valence electrons. The smallest absolute Gasteiger partial charge is 0.136 e. The second-order valence-corrected chi connectivity index (χ2v) is 6.29. The van der Waals surface area contributed by atoms with Gasteiger partial charge >= 0.3 is 0 Å². The van der Waals surface area contributed by atoms with Crippen LogP contribution in [0.25, 0.3) is 11.3 Å². The standard InChI is InChI=1S/C18H25N3/c1-6-13-8-10-14(11-9-13)15-12-16(19-7-2)21-17(20-15)18(3,4)5/h8-12H,6-7H2,1-5H3,(H,19,20,21). The van der Waals surface area contributed by atoms with E-state index in [2.05, 4.69) is 69.2 Å². The summed E-state index contributed by atoms with van der Waals surface area (Å²) in [7, 11) is 0. The lowest BCUT2D eigenvalue weighted by Crippen LogP contribution is -2.17. The van der Waals surface area contributed by atoms with Crippen LogP contribution in [0.15, 0.2) is 30.3 Å². The molecule has 0 unspecified atom stereocenters. The molecule has 0 atom stereocenters. The van der Waals surface area contributed by atoms with Crippen molar-refractivity contribution in [2.45, 2.75) is 46.5 Å². The molecule has 2 aromatic rings. The Hall–Kier alpha value is -1.90. The molecular weight excluding hydrogens is 258 g/mol. The third-order valence-corrected chi connectivity index (χ3v) is 3.41. The summed E-state index contributed by atoms with van der Waals surface area (Å²) in [4.78, 5) is 9.39. The predicted molar refractivity (Wildman–Crippen MR) is 89.7 cm³/mol. The highest BCUT2D eigenvalue weighted by Gasteiger charge is 2.19. The molecule has 1 N–H and O–H groups in total. The van der Waals surface area contributed by atoms with Gasteiger partial charge in [-0.2, -0.15) is 0 Å². The van der Waals surface area contributed by atoms with Gasteiger partial charge in [-0.1, -0.05) is 52.0 Å². The molecule has 1 aromatic carbocycles. The van der Waals surface area contributed by atoms with Crippen LogP contribution in [0, 0.1) is 0 Å². The van der Waals surface area contributed by atoms with E-state index in [9.17, 15) is 0 Å². The topological polar surface area (TPSA) is 37.8 Å². The van der Waals surface area contributed by atoms with Gasteiger partial charge in [0, 0.05) is 23.6 Å². The van der Waals surface area contributed by atoms with E-state index < -0.39 is 0 Å². The van der Waals surface area contributed by atoms with Crippen molar-refractivity contribution < 1.29 is 0 Å². The molecule has 0 saturated carbocycles. The summed E-state index contributed by atoms with van der Waals surface area (Å²) in [6, 6.07) is 10.6. The Labute approximate surface area is 127 Å². The quantitative estimate of drug-likeness (QED) is 0.901. The molecule has 0 aliphatic carbocycles. The van der Waals surface area contributed by atoms with Gasteiger partial charge in [-0.15, -0.1) is 0 Å². The first-order chi connectivity index (χ1) is 9.94. The van der Waals surface area contributed by atoms with Gasteiger partial charge in [0.15, 0.2) is 0 Å². The van der Waals surface area contributed by atoms with Crippen LogP contribution in [0.2, 0.25) is 0 Å². The van der Waals surface area contributed by atoms with Crippen molar-refractivity contribution in [1.29, 1.82) is 0 Å². The zero-order valence-corrected chi connectivity index (χ0v) is 13.7. The first-order valence-corrected chi connectivity index (χ1v) is 7.66. The van der Waals surface area contributed by atoms with Crippen molar-refractivity contribution in [1.82, 2.24) is 9.97 Å². The summed E-state index contributed by atoms with van der Waals surface area (Å²) < 4.78 is 0. The molecule has 3 nitrogen and oxygen atoms in total. The van der Waals surface area contributed by atoms with Crippen LogP contribution in [-0.2, 0) is 11.8 Å². The molecule has 0 saturated heterocycles. The zero-order valence-electron chi connectivity index (χ0n) is 13.7. The van der Waals surface area contributed by atoms with Crippen molar-refractivity contribution in [3.8, 4) is 11.3 Å². The number of benzene rings is 1. The van der Waals surface area contributed by atoms with E-state index in [-0.39, 0.29) is 5.41 Å². The molecule has 1 aromatic heterocycles. The maximum atomic E-state index is 4.76. The first-order valence-electron chi connectivity index (χ1n) is 7.66. The van der Waals surface area contributed by atoms with Gasteiger partial charge in [0.05, 0.1) is 5.69 Å². The normalized spacial score (nSPS) is 11.5. The SMILES string of the molecule is CCNc1cc(-c2ccc(CC)cc2)nc(C(C)(C)C)n1. The molecule has 0 aliphatic rings. The number of hydrogen-bond acceptors (Lipinski definition) is 3. The van der Waals surface area contributed by atoms with E-state index in [1.54, 1.807) is 0 Å². The minimum atomic E-state index is -0.0659. The van der Waals surface area contributed by atoms with Gasteiger partial charge in [-0.05, 0) is 18.9 Å². The molecule has 1 heterocycles. The average Bonchev–Trinajstić information content (AvgIpc) is 2.46. The number of aryl methyl sites for hydroxylation is 1. The van der Waals surface area contributed by atoms with Crippen LogP contribution < -0.4 is 5.32 Å². The molecule has 2 rings (SSSR count). The number of hydrogen-bond donors (Lipinski definition) is 1. The highest BCUT2D eigenvalue weighted by molar-refractivity contribution is 5.63. The van der Waals surface area contributed by atoms with Crippen molar-refractivity contribution >= 4 is 5.82 Å². The lowest BCUT2D eigenvalue weighted by molar-refractivity contribution is 0.546. The van der Waals surface area contributed by atoms with Gasteiger partial charge in [0.25, 0.3) is 0 Å². The summed E-state index contributed by atoms with van der Waals surface area (Å²) in [6.45, 7) is 11.5. The minimum absolute atomic E-state index is 0.0659. The van der Waals surface area contributed by atoms with Gasteiger partial charge in [0.1, 0.15) is 11.6 Å². The fraction of sp³-hybridized carbons (Fsp3) is 0.444. The van der Waals surface area contributed by atoms with Crippen LogP contribution in [0.5, 0.6) is 0 Å². The summed E-state index contributed by atoms with van der Waals surface area (Å²) in [5, 5.41) is 3.30. The molecule has 0 radical (unpaired) electrons. The summed E-state index contributed by atoms with van der Waals surface area (Å²) >= 11 is 0. The molecule has 3 heteroatoms. The van der Waals surface area contributed by atoms with Crippen LogP contribution in [0.1, 0.15) is 46.0 Å². The number of rotatable bonds is 4. The van der Waals surface area contributed by atoms with Crippen LogP contribution >= 0.6 is 0 Å². The average molecular weight is 283 g/mol. The van der Waals surface area contributed by atoms with E-state index in [4.69, 9.17) is 4.98 Å². The molecule has 0 spiro atoms. The first kappa shape index (κ1) is 15.5. The zero-order chi connectivity index (χ0) is 15.5. The van der Waals surface area contributed by atoms with E-state index in [1.807, 2.05) is 6.07 Å². The second kappa shape index (κ2) is 6.25. The van der Waals surface area contributed by atoms with E-state index in [0.29, 0.717) is 0 Å². The van der Waals surface area contributed by atoms with E-state index in [1.165, 1.54) is 5.56 Å². The number of nitrogens with zero attached hydrogens (tertiary/aromatic N) is 2. The Morgan fingerprint density at radius 3 is 2.19 bits per heavy atom. The number of aromatic nitrogens is 2. The Balaban J connectivity index is 2.48. The number of nitrogens with one attached hydrogen (secondary N) is 1. The predicted octanol–water partition coefficient (Wildman–Crippen LogP) is 4.44. The highest BCUT2D eigenvalue weighted by atomic mass is 15.0. The summed E-state index contributed by atoms with van der Waals surface area (Å²) in [6.07, 6.45) is 1.06. The van der Waals surface area contributed by atoms with Crippen LogP contribution in [0.3, 0.4) is 0 Å². The highest BCUT2D eigenvalue weighted by Crippen LogP contribution is 2.25. The van der Waals surface area contributed by atoms with Crippen molar-refractivity contribution in [3.63, 3.8) is 0 Å². The van der Waals surface area contributed by atoms with E-state index in [0.717, 1.165) is 35.9 Å². The van der Waals surface area contributed by atoms with Crippen LogP contribution in [-0.4, -0.2) is 16.5 Å². The minimum Gasteiger partial charge on any atom is -0.370 e. The summed E-state index contributed by atoms with van der Waals surface area (Å²) in [5.41, 5.74) is 3.40. The molecule has 0 bridgehead atoms. The summed E-state index contributed by atoms with van der Waals surface area (Å²) in [5.74, 6) is 1.77. The largest absolute Gasteiger partial charge is 0.370 e. The second-order valence-electron chi connectivity index (χ2n) is 6.29. The molecule has 0 amide bonds. The fourth-order valence-electron chi connectivity index (χ4n) is 2.11. The lowest BCUT2D eigenvalue weighted by atomic mass is 9.95. The van der Waals surface area contributed by atoms with Gasteiger partial charge in [0.2, 0.25) is 0 Å². The Morgan fingerprint density at radius 2 is 1.67 bits per heavy atom. The van der Waals surface area contributed by atoms with Gasteiger partial charge < -0.3 is 5.32 Å². The van der Waals surface area contributed by atoms with Crippen molar-refractivity contribution in [3.05, 3.63) is 41.7 Å². The van der Waals surface area contributed by atoms with Crippen molar-refractivity contribution in [2.24, 2.45) is 0 Å². The molecule has 0 fully saturated rings. The monoisotopic (exact) mass is 283 g/mol. The Kier molecular flexibility index (Phi) is 4.61.